The zero-order chi connectivity index (χ0) is 31.5. The van der Waals surface area contributed by atoms with Crippen molar-refractivity contribution in [3.63, 3.8) is 0 Å². The molecule has 234 valence electrons. The molecule has 4 bridgehead atoms. The van der Waals surface area contributed by atoms with Crippen LogP contribution in [0.1, 0.15) is 26.7 Å². The number of ether oxygens (including phenoxy) is 2. The number of hydrogen-bond acceptors (Lipinski definition) is 14. The van der Waals surface area contributed by atoms with Gasteiger partial charge in [-0.3, -0.25) is 19.2 Å². The van der Waals surface area contributed by atoms with Gasteiger partial charge in [0.25, 0.3) is 35.1 Å². The van der Waals surface area contributed by atoms with Crippen LogP contribution in [0.15, 0.2) is 24.3 Å². The van der Waals surface area contributed by atoms with E-state index in [1.807, 2.05) is 0 Å². The first-order valence-electron chi connectivity index (χ1n) is 12.7. The van der Waals surface area contributed by atoms with Gasteiger partial charge in [-0.2, -0.15) is 0 Å². The molecular weight excluding hydrogens is 600 g/mol. The fraction of sp³-hybridized carbons (Fsp3) is 0.667. The van der Waals surface area contributed by atoms with E-state index in [4.69, 9.17) is 9.47 Å². The number of amides is 4. The summed E-state index contributed by atoms with van der Waals surface area (Å²) in [4.78, 5) is 51.1. The molecule has 0 spiro atoms. The molecule has 6 aliphatic rings. The highest BCUT2D eigenvalue weighted by Crippen LogP contribution is 2.39. The second-order valence-electron chi connectivity index (χ2n) is 11.2. The molecule has 6 aliphatic heterocycles. The van der Waals surface area contributed by atoms with Gasteiger partial charge in [-0.15, -0.1) is 0 Å². The molecule has 18 heteroatoms. The summed E-state index contributed by atoms with van der Waals surface area (Å²) >= 11 is 0. The molecule has 0 saturated carbocycles. The highest BCUT2D eigenvalue weighted by molar-refractivity contribution is 8.76. The van der Waals surface area contributed by atoms with Gasteiger partial charge < -0.3 is 61.4 Å². The van der Waals surface area contributed by atoms with E-state index in [1.54, 1.807) is 0 Å². The third kappa shape index (κ3) is 5.02. The van der Waals surface area contributed by atoms with E-state index in [9.17, 15) is 49.8 Å². The monoisotopic (exact) mass is 634 g/mol. The Hall–Kier alpha value is -2.26. The van der Waals surface area contributed by atoms with Gasteiger partial charge in [-0.25, -0.2) is 0 Å². The van der Waals surface area contributed by atoms with Gasteiger partial charge in [-0.05, 0) is 37.8 Å². The largest absolute Gasteiger partial charge is 0.386 e. The van der Waals surface area contributed by atoms with Crippen LogP contribution in [0, 0.1) is 0 Å². The van der Waals surface area contributed by atoms with Gasteiger partial charge in [-0.1, -0.05) is 34.7 Å². The Labute approximate surface area is 247 Å². The fourth-order valence-electron chi connectivity index (χ4n) is 4.89. The van der Waals surface area contributed by atoms with E-state index < -0.39 is 69.9 Å². The minimum atomic E-state index is -2.44. The third-order valence-electron chi connectivity index (χ3n) is 7.74. The molecule has 0 aromatic rings. The van der Waals surface area contributed by atoms with Crippen LogP contribution in [-0.2, 0) is 28.7 Å². The molecule has 42 heavy (non-hydrogen) atoms. The number of nitrogens with one attached hydrogen (secondary N) is 4. The normalized spacial score (nSPS) is 37.5. The first kappa shape index (κ1) is 32.6. The van der Waals surface area contributed by atoms with Crippen LogP contribution in [-0.4, -0.2) is 125 Å². The quantitative estimate of drug-likeness (QED) is 0.0656. The van der Waals surface area contributed by atoms with E-state index in [2.05, 4.69) is 34.4 Å². The molecule has 10 N–H and O–H groups in total. The molecule has 6 heterocycles. The van der Waals surface area contributed by atoms with Gasteiger partial charge in [0.05, 0.1) is 13.2 Å². The van der Waals surface area contributed by atoms with E-state index >= 15 is 0 Å². The Morgan fingerprint density at radius 2 is 1.07 bits per heavy atom. The van der Waals surface area contributed by atoms with Crippen molar-refractivity contribution in [2.45, 2.75) is 73.0 Å². The number of aliphatic hydroxyl groups excluding tert-OH is 2. The van der Waals surface area contributed by atoms with E-state index in [0.717, 1.165) is 21.6 Å². The summed E-state index contributed by atoms with van der Waals surface area (Å²) < 4.78 is 11.0. The second kappa shape index (κ2) is 10.7. The van der Waals surface area contributed by atoms with Gasteiger partial charge >= 0.3 is 0 Å². The van der Waals surface area contributed by atoms with Crippen molar-refractivity contribution in [1.82, 2.24) is 21.3 Å². The molecule has 6 saturated heterocycles. The number of carbonyl (C=O) groups excluding carboxylic acids is 4. The average molecular weight is 635 g/mol. The summed E-state index contributed by atoms with van der Waals surface area (Å²) in [5, 5.41) is 74.0. The molecular formula is C24H34N4O12S2. The summed E-state index contributed by atoms with van der Waals surface area (Å²) in [5.74, 6) is -5.06. The maximum atomic E-state index is 12.9. The number of carbonyl (C=O) groups is 4. The van der Waals surface area contributed by atoms with Crippen LogP contribution in [0.3, 0.4) is 0 Å². The molecule has 6 rings (SSSR count). The highest BCUT2D eigenvalue weighted by atomic mass is 33.1. The molecule has 4 amide bonds. The second-order valence-corrected chi connectivity index (χ2v) is 13.6. The van der Waals surface area contributed by atoms with Crippen molar-refractivity contribution in [3.8, 4) is 0 Å². The van der Waals surface area contributed by atoms with E-state index in [1.165, 1.54) is 13.8 Å². The third-order valence-corrected chi connectivity index (χ3v) is 10.5. The lowest BCUT2D eigenvalue weighted by atomic mass is 9.85. The summed E-state index contributed by atoms with van der Waals surface area (Å²) in [6, 6.07) is 0. The van der Waals surface area contributed by atoms with Crippen molar-refractivity contribution >= 4 is 45.2 Å². The summed E-state index contributed by atoms with van der Waals surface area (Å²) in [7, 11) is 1.79. The lowest BCUT2D eigenvalue weighted by molar-refractivity contribution is -0.223. The van der Waals surface area contributed by atoms with Crippen LogP contribution < -0.4 is 21.3 Å². The Kier molecular flexibility index (Phi) is 8.33. The predicted molar refractivity (Wildman–Crippen MR) is 146 cm³/mol. The first-order chi connectivity index (χ1) is 19.3. The molecule has 0 unspecified atom stereocenters. The smallest absolute Gasteiger partial charge is 0.280 e. The van der Waals surface area contributed by atoms with Gasteiger partial charge in [0.1, 0.15) is 23.4 Å². The molecule has 0 radical (unpaired) electrons. The zero-order valence-electron chi connectivity index (χ0n) is 22.8. The lowest BCUT2D eigenvalue weighted by Crippen LogP contribution is -2.82. The van der Waals surface area contributed by atoms with Crippen molar-refractivity contribution in [1.29, 1.82) is 0 Å². The summed E-state index contributed by atoms with van der Waals surface area (Å²) in [6.45, 7) is 9.08. The Morgan fingerprint density at radius 1 is 0.738 bits per heavy atom. The Morgan fingerprint density at radius 3 is 1.40 bits per heavy atom. The fourth-order valence-corrected chi connectivity index (χ4v) is 7.78. The summed E-state index contributed by atoms with van der Waals surface area (Å²) in [5.41, 5.74) is -14.0. The number of fused-ring (bicyclic) bond motifs is 10. The number of piperazine rings is 2. The molecule has 16 nitrogen and oxygen atoms in total. The van der Waals surface area contributed by atoms with Crippen LogP contribution in [0.5, 0.6) is 0 Å². The standard InChI is InChI=1S/C24H34N4O12S2/c1-11-5-7-39-23(17(33)25-21(11,37)15(31)27-23)13(29)19(3,35)9-41-42-10-20(4,36)14(30)24-18(34)26-22(38,16(32)28-24)12(2)6-8-40-24/h13-14,29-30,35-38H,1-2,5-10H2,3-4H3,(H,25,33)(H,26,34)(H,27,31)(H,28,32)/t13-,14-,19-,20-,21-,22+,23+,24-/m0/s1. The molecule has 6 fully saturated rings. The van der Waals surface area contributed by atoms with Gasteiger partial charge in [0.2, 0.25) is 11.4 Å². The molecule has 0 aromatic heterocycles. The summed E-state index contributed by atoms with van der Waals surface area (Å²) in [6.07, 6.45) is -4.14. The van der Waals surface area contributed by atoms with Crippen LogP contribution in [0.2, 0.25) is 0 Å². The maximum absolute atomic E-state index is 12.9. The Balaban J connectivity index is 1.41. The number of hydrogen-bond donors (Lipinski definition) is 10. The van der Waals surface area contributed by atoms with Crippen molar-refractivity contribution in [3.05, 3.63) is 24.3 Å². The van der Waals surface area contributed by atoms with Crippen molar-refractivity contribution < 1.29 is 59.3 Å². The average Bonchev–Trinajstić information content (AvgIpc) is 2.90. The van der Waals surface area contributed by atoms with Crippen molar-refractivity contribution in [2.24, 2.45) is 0 Å². The van der Waals surface area contributed by atoms with Crippen LogP contribution >= 0.6 is 21.6 Å². The SMILES string of the molecule is C=C1CCO[C@]2([C@@H](O)[C@@](C)(O)CSSC[C@](C)(O)[C@H](O)[C@]34NC(=O)[C@](O)(NC3=O)C(=C)CCO4)NC(=O)[C@@]1(O)NC2=O. The van der Waals surface area contributed by atoms with Gasteiger partial charge in [0.15, 0.2) is 0 Å². The minimum absolute atomic E-state index is 0.0272. The lowest BCUT2D eigenvalue weighted by Gasteiger charge is -2.50. The number of rotatable bonds is 9. The minimum Gasteiger partial charge on any atom is -0.386 e. The Bertz CT molecular complexity index is 1140. The molecule has 8 atom stereocenters. The molecule has 0 aliphatic carbocycles. The van der Waals surface area contributed by atoms with Crippen molar-refractivity contribution in [2.75, 3.05) is 24.7 Å². The van der Waals surface area contributed by atoms with Crippen LogP contribution in [0.25, 0.3) is 0 Å². The topological polar surface area (TPSA) is 256 Å². The molecule has 0 aromatic carbocycles. The number of aliphatic hydroxyl groups is 6. The van der Waals surface area contributed by atoms with E-state index in [0.29, 0.717) is 0 Å². The van der Waals surface area contributed by atoms with Crippen LogP contribution in [0.4, 0.5) is 0 Å². The van der Waals surface area contributed by atoms with E-state index in [-0.39, 0.29) is 48.7 Å². The van der Waals surface area contributed by atoms with Gasteiger partial charge in [0, 0.05) is 11.5 Å². The predicted octanol–water partition coefficient (Wildman–Crippen LogP) is -4.19. The zero-order valence-corrected chi connectivity index (χ0v) is 24.4. The highest BCUT2D eigenvalue weighted by Gasteiger charge is 2.65. The maximum Gasteiger partial charge on any atom is 0.280 e. The first-order valence-corrected chi connectivity index (χ1v) is 15.2.